The number of carboxylic acids is 4. The average Bonchev–Trinajstić information content (AvgIpc) is 0.883. The fourth-order valence-corrected chi connectivity index (χ4v) is 10.6. The van der Waals surface area contributed by atoms with Gasteiger partial charge in [0.15, 0.2) is 0 Å². The molecule has 15 atom stereocenters. The van der Waals surface area contributed by atoms with Gasteiger partial charge in [0.2, 0.25) is 82.7 Å². The van der Waals surface area contributed by atoms with Crippen LogP contribution in [0, 0.1) is 11.8 Å². The minimum Gasteiger partial charge on any atom is -0.508 e. The molecule has 3 aromatic rings. The van der Waals surface area contributed by atoms with E-state index < -0.39 is 274 Å². The first-order valence-electron chi connectivity index (χ1n) is 35.7. The Morgan fingerprint density at radius 1 is 0.412 bits per heavy atom. The number of phenolic OH excluding ortho intramolecular Hbond substituents is 1. The number of carbonyl (C=O) groups is 18. The number of aliphatic hydroxyl groups excluding tert-OH is 4. The Morgan fingerprint density at radius 3 is 1.29 bits per heavy atom. The van der Waals surface area contributed by atoms with Gasteiger partial charge in [0.1, 0.15) is 84.8 Å². The zero-order chi connectivity index (χ0) is 85.8. The van der Waals surface area contributed by atoms with E-state index in [0.717, 1.165) is 13.8 Å². The van der Waals surface area contributed by atoms with E-state index in [0.29, 0.717) is 11.3 Å². The number of nitrogens with zero attached hydrogens (tertiary/aromatic N) is 1. The van der Waals surface area contributed by atoms with Gasteiger partial charge in [-0.25, -0.2) is 4.98 Å². The number of aromatic amines is 1. The quantitative estimate of drug-likeness (QED) is 0.0250. The van der Waals surface area contributed by atoms with Gasteiger partial charge in [-0.2, -0.15) is 0 Å². The molecule has 0 spiro atoms. The van der Waals surface area contributed by atoms with Crippen molar-refractivity contribution in [2.24, 2.45) is 17.6 Å². The summed E-state index contributed by atoms with van der Waals surface area (Å²) in [4.78, 5) is 245. The van der Waals surface area contributed by atoms with Crippen LogP contribution in [0.4, 0.5) is 0 Å². The summed E-state index contributed by atoms with van der Waals surface area (Å²) in [5, 5.41) is 122. The third-order valence-corrected chi connectivity index (χ3v) is 16.8. The maximum atomic E-state index is 14.3. The van der Waals surface area contributed by atoms with Gasteiger partial charge in [-0.1, -0.05) is 70.2 Å². The van der Waals surface area contributed by atoms with Gasteiger partial charge >= 0.3 is 23.9 Å². The predicted molar refractivity (Wildman–Crippen MR) is 393 cm³/mol. The summed E-state index contributed by atoms with van der Waals surface area (Å²) in [7, 11) is 0. The number of carbonyl (C=O) groups excluding carboxylic acids is 14. The molecule has 0 aliphatic heterocycles. The van der Waals surface area contributed by atoms with Crippen molar-refractivity contribution in [3.63, 3.8) is 0 Å². The highest BCUT2D eigenvalue weighted by Crippen LogP contribution is 2.15. The highest BCUT2D eigenvalue weighted by Gasteiger charge is 2.39. The number of aliphatic carboxylic acids is 4. The van der Waals surface area contributed by atoms with E-state index in [1.54, 1.807) is 32.0 Å². The normalized spacial score (nSPS) is 15.0. The Labute approximate surface area is 651 Å². The van der Waals surface area contributed by atoms with Crippen LogP contribution < -0.4 is 80.2 Å². The van der Waals surface area contributed by atoms with Crippen LogP contribution in [-0.2, 0) is 106 Å². The number of nitrogens with one attached hydrogen (secondary N) is 15. The van der Waals surface area contributed by atoms with Crippen LogP contribution in [0.15, 0.2) is 67.1 Å². The van der Waals surface area contributed by atoms with Gasteiger partial charge < -0.3 is 131 Å². The Hall–Kier alpha value is -12.3. The standard InChI is InChI=1S/C70H101N17O27/c1-32(2)21-44(62(106)78-43(18-20-52(96)97)61(105)74-28-54(100)101)79-63(107)45(23-38-13-15-40(92)16-14-38)80-66(110)48(29-88)83-68(112)55(33(3)4)86-65(109)47(25-53(98)99)81-67(111)49(30-89)84-70(114)57(36(7)91)87-64(108)46(22-37-11-9-8-10-12-37)82-69(113)56(35(6)90)85-50(93)27-73-60(104)42(17-19-51(94)95)77-58(102)34(5)76-59(103)41(71)24-39-26-72-31-75-39/h8-16,26,31-36,41-49,55-57,88-92H,17-25,27-30,71H2,1-7H3,(H,72,75)(H,73,104)(H,74,105)(H,76,103)(H,77,102)(H,78,106)(H,79,107)(H,80,110)(H,81,111)(H,82,113)(H,83,112)(H,84,114)(H,85,93)(H,86,109)(H,87,108)(H,94,95)(H,96,97)(H,98,99)(H,100,101)/t34-,35+,36+,41-,42-,43-,44-,45-,46-,47-,48-,49-,55-,56-,57-/m0/s1. The van der Waals surface area contributed by atoms with Crippen molar-refractivity contribution in [2.75, 3.05) is 26.3 Å². The molecule has 0 aliphatic carbocycles. The predicted octanol–water partition coefficient (Wildman–Crippen LogP) is -8.72. The van der Waals surface area contributed by atoms with E-state index in [-0.39, 0.29) is 30.1 Å². The number of benzene rings is 2. The maximum Gasteiger partial charge on any atom is 0.322 e. The number of aliphatic hydroxyl groups is 4. The number of carboxylic acid groups (broad SMARTS) is 4. The summed E-state index contributed by atoms with van der Waals surface area (Å²) >= 11 is 0. The number of aromatic nitrogens is 2. The number of aromatic hydroxyl groups is 1. The Morgan fingerprint density at radius 2 is 0.825 bits per heavy atom. The van der Waals surface area contributed by atoms with Gasteiger partial charge in [-0.15, -0.1) is 0 Å². The lowest BCUT2D eigenvalue weighted by atomic mass is 10.00. The first-order chi connectivity index (χ1) is 53.5. The fraction of sp³-hybridized carbons (Fsp3) is 0.529. The maximum absolute atomic E-state index is 14.3. The van der Waals surface area contributed by atoms with Crippen molar-refractivity contribution in [3.8, 4) is 5.75 Å². The average molecular weight is 1610 g/mol. The summed E-state index contributed by atoms with van der Waals surface area (Å²) in [5.41, 5.74) is 7.03. The molecule has 44 heteroatoms. The molecule has 628 valence electrons. The Kier molecular flexibility index (Phi) is 40.2. The minimum absolute atomic E-state index is 0.0115. The molecule has 1 aromatic heterocycles. The molecule has 1 heterocycles. The fourth-order valence-electron chi connectivity index (χ4n) is 10.6. The lowest BCUT2D eigenvalue weighted by Crippen LogP contribution is -2.63. The summed E-state index contributed by atoms with van der Waals surface area (Å²) in [6.45, 7) is 4.93. The summed E-state index contributed by atoms with van der Waals surface area (Å²) in [6.07, 6.45) is -5.36. The number of imidazole rings is 1. The molecule has 44 nitrogen and oxygen atoms in total. The number of nitrogens with two attached hydrogens (primary N) is 1. The first-order valence-corrected chi connectivity index (χ1v) is 35.7. The topological polar surface area (TPSA) is 712 Å². The highest BCUT2D eigenvalue weighted by atomic mass is 16.4. The molecule has 0 radical (unpaired) electrons. The van der Waals surface area contributed by atoms with Gasteiger partial charge in [-0.05, 0) is 75.1 Å². The van der Waals surface area contributed by atoms with Crippen molar-refractivity contribution in [3.05, 3.63) is 83.9 Å². The summed E-state index contributed by atoms with van der Waals surface area (Å²) < 4.78 is 0. The highest BCUT2D eigenvalue weighted by molar-refractivity contribution is 6.01. The SMILES string of the molecule is CC(C)C[C@H](NC(=O)[C@H](Cc1ccc(O)cc1)NC(=O)[C@H](CO)NC(=O)[C@@H](NC(=O)[C@H](CC(=O)O)NC(=O)[C@H](CO)NC(=O)[C@@H](NC(=O)[C@H](Cc1ccccc1)NC(=O)[C@@H](NC(=O)CNC(=O)[C@H](CCC(=O)O)NC(=O)[C@H](C)NC(=O)[C@@H](N)Cc1c[nH]cn1)[C@@H](C)O)[C@@H](C)O)C(C)C)C(=O)N[C@@H](CCC(=O)O)C(=O)NCC(=O)O. The second-order valence-corrected chi connectivity index (χ2v) is 27.2. The largest absolute Gasteiger partial charge is 0.508 e. The minimum atomic E-state index is -2.16. The number of hydrogen-bond acceptors (Lipinski definition) is 25. The second-order valence-electron chi connectivity index (χ2n) is 27.2. The molecule has 114 heavy (non-hydrogen) atoms. The molecule has 14 amide bonds. The van der Waals surface area contributed by atoms with Crippen LogP contribution in [0.1, 0.15) is 104 Å². The van der Waals surface area contributed by atoms with Crippen LogP contribution in [0.25, 0.3) is 0 Å². The summed E-state index contributed by atoms with van der Waals surface area (Å²) in [6, 6.07) is -9.82. The van der Waals surface area contributed by atoms with E-state index in [4.69, 9.17) is 10.8 Å². The van der Waals surface area contributed by atoms with Gasteiger partial charge in [0.25, 0.3) is 0 Å². The molecule has 2 aromatic carbocycles. The van der Waals surface area contributed by atoms with E-state index in [1.165, 1.54) is 69.7 Å². The smallest absolute Gasteiger partial charge is 0.322 e. The molecule has 0 saturated carbocycles. The van der Waals surface area contributed by atoms with Crippen LogP contribution in [0.3, 0.4) is 0 Å². The molecule has 26 N–H and O–H groups in total. The number of rotatable bonds is 50. The molecule has 3 rings (SSSR count). The third-order valence-electron chi connectivity index (χ3n) is 16.8. The molecular weight excluding hydrogens is 1510 g/mol. The molecule has 0 fully saturated rings. The van der Waals surface area contributed by atoms with E-state index in [9.17, 15) is 127 Å². The van der Waals surface area contributed by atoms with Crippen LogP contribution in [-0.4, -0.2) is 280 Å². The van der Waals surface area contributed by atoms with Crippen molar-refractivity contribution in [1.29, 1.82) is 0 Å². The van der Waals surface area contributed by atoms with Crippen molar-refractivity contribution in [2.45, 2.75) is 197 Å². The molecule has 0 aliphatic rings. The number of phenols is 1. The lowest BCUT2D eigenvalue weighted by Gasteiger charge is -2.29. The molecule has 0 unspecified atom stereocenters. The Bertz CT molecular complexity index is 3830. The zero-order valence-corrected chi connectivity index (χ0v) is 63.3. The van der Waals surface area contributed by atoms with Gasteiger partial charge in [0.05, 0.1) is 56.5 Å². The van der Waals surface area contributed by atoms with E-state index >= 15 is 0 Å². The summed E-state index contributed by atoms with van der Waals surface area (Å²) in [5.74, 6) is -24.0. The van der Waals surface area contributed by atoms with Gasteiger partial charge in [0, 0.05) is 38.3 Å². The van der Waals surface area contributed by atoms with Crippen LogP contribution in [0.5, 0.6) is 5.75 Å². The van der Waals surface area contributed by atoms with Crippen molar-refractivity contribution >= 4 is 107 Å². The van der Waals surface area contributed by atoms with E-state index in [1.807, 2.05) is 10.6 Å². The molecule has 0 bridgehead atoms. The molecule has 0 saturated heterocycles. The van der Waals surface area contributed by atoms with E-state index in [2.05, 4.69) is 73.8 Å². The van der Waals surface area contributed by atoms with Crippen LogP contribution in [0.2, 0.25) is 0 Å². The van der Waals surface area contributed by atoms with Gasteiger partial charge in [-0.3, -0.25) is 86.3 Å². The zero-order valence-electron chi connectivity index (χ0n) is 63.3. The first kappa shape index (κ1) is 95.9. The second kappa shape index (κ2) is 47.8. The monoisotopic (exact) mass is 1610 g/mol. The molecular formula is C70H101N17O27. The Balaban J connectivity index is 1.81. The number of amides is 14. The van der Waals surface area contributed by atoms with Crippen molar-refractivity contribution < 1.29 is 132 Å². The van der Waals surface area contributed by atoms with Crippen molar-refractivity contribution in [1.82, 2.24) is 84.4 Å². The number of hydrogen-bond donors (Lipinski definition) is 25. The van der Waals surface area contributed by atoms with Crippen LogP contribution >= 0.6 is 0 Å². The number of H-pyrrole nitrogens is 1. The third kappa shape index (κ3) is 34.1. The lowest BCUT2D eigenvalue weighted by molar-refractivity contribution is -0.142.